The van der Waals surface area contributed by atoms with Gasteiger partial charge in [-0.3, -0.25) is 0 Å². The maximum absolute atomic E-state index is 3.30. The quantitative estimate of drug-likeness (QED) is 0.133. The molecule has 0 heterocycles. The maximum atomic E-state index is 3.30. The zero-order chi connectivity index (χ0) is 20.4. The van der Waals surface area contributed by atoms with Gasteiger partial charge in [0, 0.05) is 8.80 Å². The van der Waals surface area contributed by atoms with E-state index < -0.39 is 0 Å². The van der Waals surface area contributed by atoms with Crippen LogP contribution < -0.4 is 0 Å². The van der Waals surface area contributed by atoms with Gasteiger partial charge in [-0.1, -0.05) is 61.1 Å². The number of fused-ring (bicyclic) bond motifs is 4. The molecule has 163 valence electrons. The molecule has 0 saturated heterocycles. The smallest absolute Gasteiger partial charge is 0.0253 e. The van der Waals surface area contributed by atoms with E-state index in [0.29, 0.717) is 0 Å². The van der Waals surface area contributed by atoms with Crippen molar-refractivity contribution in [3.63, 3.8) is 0 Å². The molecule has 0 aromatic heterocycles. The molecule has 0 bridgehead atoms. The fourth-order valence-electron chi connectivity index (χ4n) is 3.07. The molecule has 0 aliphatic heterocycles. The standard InChI is InChI=1S/C13H9.C9H7.C3H9Si.CH3.2ClH.Si.Zr/c1-3-7-12-10(5-1)9-11-6-2-4-8-13(11)12;1-2-5-9-7-3-6-8(9)4-1;1-4(2)3;;;;;/h1-5,7-8H,9H2;1-7H;1-3H3;1H3;2*1H;;/q2*-1;;-1;;;;. The summed E-state index contributed by atoms with van der Waals surface area (Å²) in [7, 11) is 0.120. The van der Waals surface area contributed by atoms with Crippen LogP contribution in [0.2, 0.25) is 19.6 Å². The summed E-state index contributed by atoms with van der Waals surface area (Å²) in [5, 5.41) is 2.66. The predicted octanol–water partition coefficient (Wildman–Crippen LogP) is 7.90. The molecular formula is C26H30Cl2Si2Zr-3. The van der Waals surface area contributed by atoms with Gasteiger partial charge in [0.2, 0.25) is 0 Å². The van der Waals surface area contributed by atoms with Crippen LogP contribution in [0.3, 0.4) is 0 Å². The van der Waals surface area contributed by atoms with Gasteiger partial charge < -0.3 is 7.43 Å². The summed E-state index contributed by atoms with van der Waals surface area (Å²) in [6.07, 6.45) is 1.05. The van der Waals surface area contributed by atoms with Gasteiger partial charge in [0.15, 0.2) is 0 Å². The van der Waals surface area contributed by atoms with Gasteiger partial charge >= 0.3 is 30.2 Å². The summed E-state index contributed by atoms with van der Waals surface area (Å²) in [4.78, 5) is 0. The molecule has 0 atom stereocenters. The second-order valence-electron chi connectivity index (χ2n) is 7.05. The van der Waals surface area contributed by atoms with Gasteiger partial charge in [0.05, 0.1) is 0 Å². The van der Waals surface area contributed by atoms with Crippen LogP contribution in [-0.2, 0) is 29.8 Å². The molecule has 5 heteroatoms. The average Bonchev–Trinajstić information content (AvgIpc) is 3.34. The van der Waals surface area contributed by atoms with E-state index in [0.717, 1.165) is 6.42 Å². The van der Waals surface area contributed by atoms with Gasteiger partial charge in [0.1, 0.15) is 0 Å². The minimum Gasteiger partial charge on any atom is -0.179 e. The van der Waals surface area contributed by atoms with Crippen LogP contribution in [0.1, 0.15) is 11.1 Å². The second kappa shape index (κ2) is 17.7. The minimum absolute atomic E-state index is 0. The van der Waals surface area contributed by atoms with E-state index in [1.807, 2.05) is 6.07 Å². The molecular weight excluding hydrogens is 531 g/mol. The summed E-state index contributed by atoms with van der Waals surface area (Å²) in [6, 6.07) is 32.8. The fourth-order valence-corrected chi connectivity index (χ4v) is 3.07. The minimum atomic E-state index is 0. The molecule has 1 aliphatic carbocycles. The summed E-state index contributed by atoms with van der Waals surface area (Å²) < 4.78 is 0. The Bertz CT molecular complexity index is 923. The number of hydrogen-bond donors (Lipinski definition) is 0. The molecule has 5 rings (SSSR count). The molecule has 1 aliphatic rings. The first kappa shape index (κ1) is 32.3. The van der Waals surface area contributed by atoms with E-state index in [4.69, 9.17) is 0 Å². The van der Waals surface area contributed by atoms with Crippen molar-refractivity contribution in [2.75, 3.05) is 0 Å². The van der Waals surface area contributed by atoms with Crippen molar-refractivity contribution < 1.29 is 23.3 Å². The van der Waals surface area contributed by atoms with Crippen molar-refractivity contribution in [2.24, 2.45) is 0 Å². The van der Waals surface area contributed by atoms with Crippen LogP contribution >= 0.6 is 24.8 Å². The molecule has 0 unspecified atom stereocenters. The fraction of sp³-hybridized carbons (Fsp3) is 0.154. The van der Waals surface area contributed by atoms with E-state index in [9.17, 15) is 0 Å². The Labute approximate surface area is 219 Å². The van der Waals surface area contributed by atoms with Crippen molar-refractivity contribution in [3.05, 3.63) is 110 Å². The SMILES string of the molecule is C[Si](C)C.Cl.Cl.[CH3-].[Si]=[Zr].[c-]1cccc2c1Cc1ccccc1-2.c1ccc2[cH-]ccc2c1. The third-order valence-electron chi connectivity index (χ3n) is 4.16. The molecule has 0 fully saturated rings. The number of benzene rings is 3. The van der Waals surface area contributed by atoms with Crippen LogP contribution in [0.25, 0.3) is 21.9 Å². The van der Waals surface area contributed by atoms with Crippen LogP contribution in [-0.4, -0.2) is 15.7 Å². The summed E-state index contributed by atoms with van der Waals surface area (Å²) >= 11 is 1.36. The Balaban J connectivity index is 0. The Morgan fingerprint density at radius 3 is 2.10 bits per heavy atom. The van der Waals surface area contributed by atoms with Crippen molar-refractivity contribution in [1.29, 1.82) is 0 Å². The molecule has 0 N–H and O–H groups in total. The number of halogens is 2. The van der Waals surface area contributed by atoms with E-state index in [-0.39, 0.29) is 41.0 Å². The summed E-state index contributed by atoms with van der Waals surface area (Å²) in [6.45, 7) is 9.87. The predicted molar refractivity (Wildman–Crippen MR) is 143 cm³/mol. The van der Waals surface area contributed by atoms with Crippen molar-refractivity contribution in [2.45, 2.75) is 26.1 Å². The van der Waals surface area contributed by atoms with Crippen LogP contribution in [0, 0.1) is 13.5 Å². The van der Waals surface area contributed by atoms with Gasteiger partial charge in [-0.25, -0.2) is 0 Å². The zero-order valence-corrected chi connectivity index (χ0v) is 24.7. The Morgan fingerprint density at radius 2 is 1.42 bits per heavy atom. The van der Waals surface area contributed by atoms with Gasteiger partial charge in [0.25, 0.3) is 0 Å². The third kappa shape index (κ3) is 10.1. The van der Waals surface area contributed by atoms with E-state index in [2.05, 4.69) is 111 Å². The number of rotatable bonds is 0. The Hall–Kier alpha value is -0.833. The monoisotopic (exact) mass is 558 g/mol. The molecule has 3 radical (unpaired) electrons. The maximum Gasteiger partial charge on any atom is -0.0253 e. The molecule has 0 saturated carbocycles. The molecule has 0 amide bonds. The van der Waals surface area contributed by atoms with Crippen molar-refractivity contribution in [3.8, 4) is 11.1 Å². The van der Waals surface area contributed by atoms with E-state index in [1.165, 1.54) is 56.4 Å². The third-order valence-corrected chi connectivity index (χ3v) is 4.16. The van der Waals surface area contributed by atoms with Crippen LogP contribution in [0.4, 0.5) is 0 Å². The normalized spacial score (nSPS) is 9.39. The Morgan fingerprint density at radius 1 is 0.839 bits per heavy atom. The first-order chi connectivity index (χ1) is 13.6. The van der Waals surface area contributed by atoms with E-state index in [1.54, 1.807) is 0 Å². The molecule has 0 spiro atoms. The first-order valence-electron chi connectivity index (χ1n) is 9.35. The number of hydrogen-bond acceptors (Lipinski definition) is 0. The van der Waals surface area contributed by atoms with Gasteiger partial charge in [-0.05, 0) is 6.42 Å². The summed E-state index contributed by atoms with van der Waals surface area (Å²) in [5.74, 6) is 0. The molecule has 4 aromatic carbocycles. The molecule has 4 aromatic rings. The Kier molecular flexibility index (Phi) is 18.5. The molecule has 31 heavy (non-hydrogen) atoms. The zero-order valence-electron chi connectivity index (χ0n) is 18.6. The second-order valence-corrected chi connectivity index (χ2v) is 10.1. The van der Waals surface area contributed by atoms with Crippen LogP contribution in [0.5, 0.6) is 0 Å². The topological polar surface area (TPSA) is 0 Å². The summed E-state index contributed by atoms with van der Waals surface area (Å²) in [5.41, 5.74) is 5.51. The van der Waals surface area contributed by atoms with Crippen molar-refractivity contribution in [1.82, 2.24) is 0 Å². The molecule has 0 nitrogen and oxygen atoms in total. The van der Waals surface area contributed by atoms with Gasteiger partial charge in [-0.15, -0.1) is 60.0 Å². The van der Waals surface area contributed by atoms with Crippen LogP contribution in [0.15, 0.2) is 84.9 Å². The first-order valence-corrected chi connectivity index (χ1v) is 16.5. The largest absolute Gasteiger partial charge is 0.179 e. The van der Waals surface area contributed by atoms with Gasteiger partial charge in [-0.2, -0.15) is 47.3 Å². The van der Waals surface area contributed by atoms with Crippen molar-refractivity contribution >= 4 is 51.3 Å². The average molecular weight is 561 g/mol. The van der Waals surface area contributed by atoms with E-state index >= 15 is 0 Å².